The van der Waals surface area contributed by atoms with Crippen molar-refractivity contribution >= 4 is 17.5 Å². The Hall–Kier alpha value is -2.63. The lowest BCUT2D eigenvalue weighted by atomic mass is 9.86. The average molecular weight is 366 g/mol. The van der Waals surface area contributed by atoms with Crippen LogP contribution in [0.3, 0.4) is 0 Å². The van der Waals surface area contributed by atoms with Crippen molar-refractivity contribution in [3.8, 4) is 5.75 Å². The molecule has 0 radical (unpaired) electrons. The van der Waals surface area contributed by atoms with Crippen LogP contribution >= 0.6 is 0 Å². The second-order valence-corrected chi connectivity index (χ2v) is 7.32. The number of fused-ring (bicyclic) bond motifs is 1. The van der Waals surface area contributed by atoms with Gasteiger partial charge in [-0.3, -0.25) is 4.79 Å². The van der Waals surface area contributed by atoms with Gasteiger partial charge in [-0.1, -0.05) is 12.1 Å². The molecular formula is C21H26N4O2. The predicted octanol–water partition coefficient (Wildman–Crippen LogP) is 3.22. The quantitative estimate of drug-likeness (QED) is 0.900. The highest BCUT2D eigenvalue weighted by atomic mass is 16.5. The second-order valence-electron chi connectivity index (χ2n) is 7.32. The van der Waals surface area contributed by atoms with Gasteiger partial charge in [-0.05, 0) is 56.2 Å². The molecule has 1 aliphatic carbocycles. The molecule has 1 saturated heterocycles. The third-order valence-electron chi connectivity index (χ3n) is 5.51. The van der Waals surface area contributed by atoms with E-state index in [2.05, 4.69) is 15.2 Å². The number of nitrogens with zero attached hydrogens (tertiary/aromatic N) is 3. The molecule has 0 saturated carbocycles. The van der Waals surface area contributed by atoms with Gasteiger partial charge in [0.2, 0.25) is 11.9 Å². The van der Waals surface area contributed by atoms with E-state index in [4.69, 9.17) is 9.72 Å². The van der Waals surface area contributed by atoms with Crippen LogP contribution in [0.1, 0.15) is 36.9 Å². The molecule has 1 unspecified atom stereocenters. The molecule has 27 heavy (non-hydrogen) atoms. The number of aryl methyl sites for hydroxylation is 1. The van der Waals surface area contributed by atoms with E-state index in [0.717, 1.165) is 43.1 Å². The highest BCUT2D eigenvalue weighted by Crippen LogP contribution is 2.29. The van der Waals surface area contributed by atoms with Crippen LogP contribution in [0.15, 0.2) is 30.5 Å². The number of nitrogens with one attached hydrogen (secondary N) is 1. The minimum absolute atomic E-state index is 0.0326. The summed E-state index contributed by atoms with van der Waals surface area (Å²) >= 11 is 0. The van der Waals surface area contributed by atoms with Crippen molar-refractivity contribution in [3.63, 3.8) is 0 Å². The van der Waals surface area contributed by atoms with E-state index in [1.165, 1.54) is 19.3 Å². The number of benzene rings is 1. The van der Waals surface area contributed by atoms with Crippen molar-refractivity contribution < 1.29 is 9.53 Å². The molecule has 0 spiro atoms. The highest BCUT2D eigenvalue weighted by molar-refractivity contribution is 5.94. The van der Waals surface area contributed by atoms with Crippen LogP contribution in [0.4, 0.5) is 11.6 Å². The first-order valence-corrected chi connectivity index (χ1v) is 9.78. The largest absolute Gasteiger partial charge is 0.495 e. The predicted molar refractivity (Wildman–Crippen MR) is 105 cm³/mol. The van der Waals surface area contributed by atoms with Crippen molar-refractivity contribution in [2.75, 3.05) is 30.4 Å². The van der Waals surface area contributed by atoms with Gasteiger partial charge in [0, 0.05) is 30.9 Å². The zero-order valence-electron chi connectivity index (χ0n) is 15.8. The van der Waals surface area contributed by atoms with E-state index >= 15 is 0 Å². The van der Waals surface area contributed by atoms with Gasteiger partial charge in [0.1, 0.15) is 5.75 Å². The normalized spacial score (nSPS) is 19.3. The molecule has 142 valence electrons. The summed E-state index contributed by atoms with van der Waals surface area (Å²) in [4.78, 5) is 24.4. The zero-order chi connectivity index (χ0) is 18.6. The summed E-state index contributed by atoms with van der Waals surface area (Å²) in [7, 11) is 1.61. The van der Waals surface area contributed by atoms with Crippen molar-refractivity contribution in [2.45, 2.75) is 38.5 Å². The fourth-order valence-electron chi connectivity index (χ4n) is 3.95. The molecule has 1 fully saturated rings. The maximum absolute atomic E-state index is 12.7. The van der Waals surface area contributed by atoms with Gasteiger partial charge in [0.15, 0.2) is 0 Å². The fraction of sp³-hybridized carbons (Fsp3) is 0.476. The van der Waals surface area contributed by atoms with E-state index in [9.17, 15) is 4.79 Å². The number of aromatic nitrogens is 2. The minimum Gasteiger partial charge on any atom is -0.495 e. The van der Waals surface area contributed by atoms with Crippen molar-refractivity contribution in [2.24, 2.45) is 5.92 Å². The van der Waals surface area contributed by atoms with Crippen LogP contribution in [0, 0.1) is 5.92 Å². The van der Waals surface area contributed by atoms with Gasteiger partial charge < -0.3 is 15.0 Å². The van der Waals surface area contributed by atoms with E-state index in [1.54, 1.807) is 7.11 Å². The van der Waals surface area contributed by atoms with Crippen LogP contribution in [0.5, 0.6) is 5.75 Å². The summed E-state index contributed by atoms with van der Waals surface area (Å²) in [6.45, 7) is 2.09. The van der Waals surface area contributed by atoms with Crippen LogP contribution in [-0.4, -0.2) is 36.1 Å². The number of methoxy groups -OCH3 is 1. The number of hydrogen-bond donors (Lipinski definition) is 1. The number of ether oxygens (including phenoxy) is 1. The molecule has 6 heteroatoms. The summed E-state index contributed by atoms with van der Waals surface area (Å²) in [6, 6.07) is 7.50. The number of amides is 1. The maximum atomic E-state index is 12.7. The SMILES string of the molecule is COc1ccccc1NC(=O)C1CCc2nc(N3CCCCC3)ncc2C1. The van der Waals surface area contributed by atoms with Gasteiger partial charge in [-0.2, -0.15) is 0 Å². The van der Waals surface area contributed by atoms with Crippen molar-refractivity contribution in [1.29, 1.82) is 0 Å². The van der Waals surface area contributed by atoms with Gasteiger partial charge in [-0.25, -0.2) is 9.97 Å². The number of piperidine rings is 1. The van der Waals surface area contributed by atoms with Crippen molar-refractivity contribution in [1.82, 2.24) is 9.97 Å². The third kappa shape index (κ3) is 3.89. The Kier molecular flexibility index (Phi) is 5.23. The lowest BCUT2D eigenvalue weighted by molar-refractivity contribution is -0.120. The van der Waals surface area contributed by atoms with Gasteiger partial charge in [0.25, 0.3) is 0 Å². The van der Waals surface area contributed by atoms with Crippen LogP contribution in [-0.2, 0) is 17.6 Å². The number of para-hydroxylation sites is 2. The molecule has 2 aliphatic rings. The molecular weight excluding hydrogens is 340 g/mol. The Morgan fingerprint density at radius 2 is 2.04 bits per heavy atom. The van der Waals surface area contributed by atoms with E-state index in [-0.39, 0.29) is 11.8 Å². The first-order valence-electron chi connectivity index (χ1n) is 9.78. The molecule has 1 atom stereocenters. The standard InChI is InChI=1S/C21H26N4O2/c1-27-19-8-4-3-7-18(19)23-20(26)15-9-10-17-16(13-15)14-22-21(24-17)25-11-5-2-6-12-25/h3-4,7-8,14-15H,2,5-6,9-13H2,1H3,(H,23,26). The number of rotatable bonds is 4. The maximum Gasteiger partial charge on any atom is 0.227 e. The number of carbonyl (C=O) groups is 1. The van der Waals surface area contributed by atoms with Crippen LogP contribution in [0.25, 0.3) is 0 Å². The number of carbonyl (C=O) groups excluding carboxylic acids is 1. The van der Waals surface area contributed by atoms with Crippen LogP contribution in [0.2, 0.25) is 0 Å². The monoisotopic (exact) mass is 366 g/mol. The summed E-state index contributed by atoms with van der Waals surface area (Å²) < 4.78 is 5.32. The second kappa shape index (κ2) is 7.94. The highest BCUT2D eigenvalue weighted by Gasteiger charge is 2.27. The van der Waals surface area contributed by atoms with Crippen LogP contribution < -0.4 is 15.0 Å². The fourth-order valence-corrected chi connectivity index (χ4v) is 3.95. The molecule has 2 aromatic rings. The molecule has 2 heterocycles. The Balaban J connectivity index is 1.44. The topological polar surface area (TPSA) is 67.3 Å². The molecule has 1 N–H and O–H groups in total. The Labute approximate surface area is 160 Å². The zero-order valence-corrected chi connectivity index (χ0v) is 15.8. The van der Waals surface area contributed by atoms with E-state index in [0.29, 0.717) is 17.9 Å². The molecule has 6 nitrogen and oxygen atoms in total. The van der Waals surface area contributed by atoms with E-state index < -0.39 is 0 Å². The molecule has 1 aliphatic heterocycles. The Bertz CT molecular complexity index is 818. The summed E-state index contributed by atoms with van der Waals surface area (Å²) in [5.74, 6) is 1.50. The minimum atomic E-state index is -0.0631. The Morgan fingerprint density at radius 3 is 2.85 bits per heavy atom. The molecule has 4 rings (SSSR count). The first kappa shape index (κ1) is 17.8. The number of hydrogen-bond acceptors (Lipinski definition) is 5. The smallest absolute Gasteiger partial charge is 0.227 e. The Morgan fingerprint density at radius 1 is 1.22 bits per heavy atom. The van der Waals surface area contributed by atoms with E-state index in [1.807, 2.05) is 30.5 Å². The summed E-state index contributed by atoms with van der Waals surface area (Å²) in [5.41, 5.74) is 2.92. The van der Waals surface area contributed by atoms with Crippen molar-refractivity contribution in [3.05, 3.63) is 41.7 Å². The summed E-state index contributed by atoms with van der Waals surface area (Å²) in [6.07, 6.45) is 7.97. The molecule has 0 bridgehead atoms. The molecule has 1 amide bonds. The number of anilines is 2. The molecule has 1 aromatic carbocycles. The lowest BCUT2D eigenvalue weighted by Crippen LogP contribution is -2.32. The third-order valence-corrected chi connectivity index (χ3v) is 5.51. The molecule has 1 aromatic heterocycles. The first-order chi connectivity index (χ1) is 13.2. The summed E-state index contributed by atoms with van der Waals surface area (Å²) in [5, 5.41) is 3.01. The van der Waals surface area contributed by atoms with Gasteiger partial charge >= 0.3 is 0 Å². The van der Waals surface area contributed by atoms with Gasteiger partial charge in [0.05, 0.1) is 12.8 Å². The van der Waals surface area contributed by atoms with Gasteiger partial charge in [-0.15, -0.1) is 0 Å². The average Bonchev–Trinajstić information content (AvgIpc) is 2.74. The lowest BCUT2D eigenvalue weighted by Gasteiger charge is -2.28.